The van der Waals surface area contributed by atoms with Crippen LogP contribution in [0.25, 0.3) is 0 Å². The number of hydrogen-bond acceptors (Lipinski definition) is 4. The van der Waals surface area contributed by atoms with Gasteiger partial charge in [-0.15, -0.1) is 0 Å². The van der Waals surface area contributed by atoms with Crippen LogP contribution < -0.4 is 5.32 Å². The van der Waals surface area contributed by atoms with Crippen LogP contribution in [0.15, 0.2) is 16.7 Å². The van der Waals surface area contributed by atoms with Crippen LogP contribution in [-0.2, 0) is 13.1 Å². The van der Waals surface area contributed by atoms with Gasteiger partial charge in [0.2, 0.25) is 0 Å². The molecule has 2 aliphatic rings. The molecule has 2 fully saturated rings. The predicted molar refractivity (Wildman–Crippen MR) is 80.6 cm³/mol. The molecule has 0 amide bonds. The van der Waals surface area contributed by atoms with Crippen molar-refractivity contribution in [2.75, 3.05) is 26.7 Å². The maximum atomic E-state index is 5.71. The van der Waals surface area contributed by atoms with Crippen LogP contribution >= 0.6 is 0 Å². The predicted octanol–water partition coefficient (Wildman–Crippen LogP) is 2.06. The summed E-state index contributed by atoms with van der Waals surface area (Å²) in [6, 6.07) is 3.59. The summed E-state index contributed by atoms with van der Waals surface area (Å²) in [5.41, 5.74) is 1.24. The van der Waals surface area contributed by atoms with E-state index in [1.54, 1.807) is 0 Å². The van der Waals surface area contributed by atoms with E-state index in [0.29, 0.717) is 6.04 Å². The van der Waals surface area contributed by atoms with E-state index >= 15 is 0 Å². The van der Waals surface area contributed by atoms with Gasteiger partial charge >= 0.3 is 0 Å². The van der Waals surface area contributed by atoms with Crippen molar-refractivity contribution in [3.8, 4) is 0 Å². The minimum atomic E-state index is 0.627. The van der Waals surface area contributed by atoms with Crippen LogP contribution in [0, 0.1) is 0 Å². The minimum Gasteiger partial charge on any atom is -0.468 e. The van der Waals surface area contributed by atoms with Gasteiger partial charge in [0, 0.05) is 37.3 Å². The van der Waals surface area contributed by atoms with E-state index in [0.717, 1.165) is 24.9 Å². The first kappa shape index (κ1) is 14.1. The molecule has 0 spiro atoms. The Morgan fingerprint density at radius 1 is 1.35 bits per heavy atom. The van der Waals surface area contributed by atoms with E-state index in [1.807, 2.05) is 13.3 Å². The molecule has 3 rings (SSSR count). The van der Waals surface area contributed by atoms with Crippen LogP contribution in [0.5, 0.6) is 0 Å². The molecule has 2 aliphatic heterocycles. The van der Waals surface area contributed by atoms with Crippen molar-refractivity contribution in [2.24, 2.45) is 0 Å². The summed E-state index contributed by atoms with van der Waals surface area (Å²) in [6.45, 7) is 7.90. The summed E-state index contributed by atoms with van der Waals surface area (Å²) < 4.78 is 5.71. The van der Waals surface area contributed by atoms with Crippen LogP contribution in [0.2, 0.25) is 0 Å². The van der Waals surface area contributed by atoms with E-state index < -0.39 is 0 Å². The third kappa shape index (κ3) is 3.08. The molecule has 2 atom stereocenters. The molecule has 4 nitrogen and oxygen atoms in total. The quantitative estimate of drug-likeness (QED) is 0.913. The SMILES string of the molecule is CNCc1coc(CN2CC3CCCCN3CC2C)c1. The van der Waals surface area contributed by atoms with Gasteiger partial charge in [-0.2, -0.15) is 0 Å². The maximum absolute atomic E-state index is 5.71. The molecule has 0 aliphatic carbocycles. The van der Waals surface area contributed by atoms with Crippen LogP contribution in [-0.4, -0.2) is 48.6 Å². The average Bonchev–Trinajstić information content (AvgIpc) is 2.87. The molecule has 3 heterocycles. The second-order valence-corrected chi connectivity index (χ2v) is 6.37. The second-order valence-electron chi connectivity index (χ2n) is 6.37. The van der Waals surface area contributed by atoms with E-state index in [1.165, 1.54) is 44.5 Å². The Morgan fingerprint density at radius 3 is 3.10 bits per heavy atom. The van der Waals surface area contributed by atoms with Gasteiger partial charge in [0.25, 0.3) is 0 Å². The van der Waals surface area contributed by atoms with Gasteiger partial charge in [-0.25, -0.2) is 0 Å². The van der Waals surface area contributed by atoms with Gasteiger partial charge in [0.1, 0.15) is 5.76 Å². The van der Waals surface area contributed by atoms with E-state index in [9.17, 15) is 0 Å². The molecule has 20 heavy (non-hydrogen) atoms. The summed E-state index contributed by atoms with van der Waals surface area (Å²) in [5, 5.41) is 3.17. The lowest BCUT2D eigenvalue weighted by Gasteiger charge is -2.47. The molecule has 1 aromatic rings. The summed E-state index contributed by atoms with van der Waals surface area (Å²) in [5.74, 6) is 1.10. The molecule has 0 saturated carbocycles. The van der Waals surface area contributed by atoms with E-state index in [-0.39, 0.29) is 0 Å². The number of furan rings is 1. The van der Waals surface area contributed by atoms with Crippen molar-refractivity contribution in [1.29, 1.82) is 0 Å². The lowest BCUT2D eigenvalue weighted by molar-refractivity contribution is 0.00806. The Balaban J connectivity index is 1.61. The Hall–Kier alpha value is -0.840. The Morgan fingerprint density at radius 2 is 2.25 bits per heavy atom. The van der Waals surface area contributed by atoms with Crippen molar-refractivity contribution in [2.45, 2.75) is 51.4 Å². The zero-order chi connectivity index (χ0) is 13.9. The van der Waals surface area contributed by atoms with E-state index in [2.05, 4.69) is 28.1 Å². The lowest BCUT2D eigenvalue weighted by Crippen LogP contribution is -2.58. The minimum absolute atomic E-state index is 0.627. The normalized spacial score (nSPS) is 28.5. The first-order valence-corrected chi connectivity index (χ1v) is 7.95. The van der Waals surface area contributed by atoms with Gasteiger partial charge in [-0.05, 0) is 39.4 Å². The van der Waals surface area contributed by atoms with Gasteiger partial charge < -0.3 is 9.73 Å². The number of piperidine rings is 1. The number of rotatable bonds is 4. The fraction of sp³-hybridized carbons (Fsp3) is 0.750. The zero-order valence-electron chi connectivity index (χ0n) is 12.8. The van der Waals surface area contributed by atoms with Gasteiger partial charge in [0.15, 0.2) is 0 Å². The van der Waals surface area contributed by atoms with Crippen molar-refractivity contribution in [3.05, 3.63) is 23.7 Å². The Labute approximate surface area is 122 Å². The monoisotopic (exact) mass is 277 g/mol. The van der Waals surface area contributed by atoms with Crippen LogP contribution in [0.4, 0.5) is 0 Å². The van der Waals surface area contributed by atoms with Crippen LogP contribution in [0.1, 0.15) is 37.5 Å². The molecule has 112 valence electrons. The summed E-state index contributed by atoms with van der Waals surface area (Å²) in [4.78, 5) is 5.29. The average molecular weight is 277 g/mol. The highest BCUT2D eigenvalue weighted by atomic mass is 16.3. The number of fused-ring (bicyclic) bond motifs is 1. The summed E-state index contributed by atoms with van der Waals surface area (Å²) >= 11 is 0. The highest BCUT2D eigenvalue weighted by Gasteiger charge is 2.33. The maximum Gasteiger partial charge on any atom is 0.118 e. The Bertz CT molecular complexity index is 431. The molecule has 2 saturated heterocycles. The molecular formula is C16H27N3O. The highest BCUT2D eigenvalue weighted by Crippen LogP contribution is 2.25. The van der Waals surface area contributed by atoms with Gasteiger partial charge in [-0.1, -0.05) is 6.42 Å². The van der Waals surface area contributed by atoms with Crippen molar-refractivity contribution in [3.63, 3.8) is 0 Å². The fourth-order valence-corrected chi connectivity index (χ4v) is 3.64. The molecule has 0 aromatic carbocycles. The number of piperazine rings is 1. The number of nitrogens with zero attached hydrogens (tertiary/aromatic N) is 2. The largest absolute Gasteiger partial charge is 0.468 e. The fourth-order valence-electron chi connectivity index (χ4n) is 3.64. The Kier molecular flexibility index (Phi) is 4.44. The lowest BCUT2D eigenvalue weighted by atomic mass is 9.97. The highest BCUT2D eigenvalue weighted by molar-refractivity contribution is 5.13. The first-order chi connectivity index (χ1) is 9.76. The van der Waals surface area contributed by atoms with Gasteiger partial charge in [0.05, 0.1) is 12.8 Å². The molecule has 0 radical (unpaired) electrons. The number of hydrogen-bond donors (Lipinski definition) is 1. The third-order valence-corrected chi connectivity index (χ3v) is 4.76. The van der Waals surface area contributed by atoms with Crippen molar-refractivity contribution >= 4 is 0 Å². The molecule has 1 aromatic heterocycles. The van der Waals surface area contributed by atoms with Crippen molar-refractivity contribution < 1.29 is 4.42 Å². The second kappa shape index (κ2) is 6.29. The third-order valence-electron chi connectivity index (χ3n) is 4.76. The zero-order valence-corrected chi connectivity index (χ0v) is 12.8. The molecular weight excluding hydrogens is 250 g/mol. The summed E-state index contributed by atoms with van der Waals surface area (Å²) in [7, 11) is 1.97. The van der Waals surface area contributed by atoms with Crippen LogP contribution in [0.3, 0.4) is 0 Å². The molecule has 4 heteroatoms. The standard InChI is InChI=1S/C16H27N3O/c1-13-9-18-6-4-3-5-15(18)10-19(13)11-16-7-14(8-17-2)12-20-16/h7,12-13,15,17H,3-6,8-11H2,1-2H3. The molecule has 2 unspecified atom stereocenters. The first-order valence-electron chi connectivity index (χ1n) is 7.95. The van der Waals surface area contributed by atoms with E-state index in [4.69, 9.17) is 4.42 Å². The molecule has 1 N–H and O–H groups in total. The van der Waals surface area contributed by atoms with Gasteiger partial charge in [-0.3, -0.25) is 9.80 Å². The van der Waals surface area contributed by atoms with Crippen molar-refractivity contribution in [1.82, 2.24) is 15.1 Å². The number of nitrogens with one attached hydrogen (secondary N) is 1. The molecule has 0 bridgehead atoms. The summed E-state index contributed by atoms with van der Waals surface area (Å²) in [6.07, 6.45) is 6.03. The smallest absolute Gasteiger partial charge is 0.118 e. The topological polar surface area (TPSA) is 31.7 Å².